The summed E-state index contributed by atoms with van der Waals surface area (Å²) in [4.78, 5) is 3.54. The van der Waals surface area contributed by atoms with Crippen LogP contribution in [0.15, 0.2) is 24.3 Å². The van der Waals surface area contributed by atoms with Crippen LogP contribution in [0, 0.1) is 0 Å². The van der Waals surface area contributed by atoms with E-state index in [1.165, 1.54) is 35.0 Å². The van der Waals surface area contributed by atoms with Gasteiger partial charge in [0.05, 0.1) is 0 Å². The van der Waals surface area contributed by atoms with Crippen molar-refractivity contribution in [3.8, 4) is 0 Å². The molecule has 1 aromatic heterocycles. The fourth-order valence-corrected chi connectivity index (χ4v) is 2.55. The summed E-state index contributed by atoms with van der Waals surface area (Å²) in [6.45, 7) is 3.36. The van der Waals surface area contributed by atoms with Crippen molar-refractivity contribution in [3.63, 3.8) is 0 Å². The summed E-state index contributed by atoms with van der Waals surface area (Å²) in [5, 5.41) is 4.94. The van der Waals surface area contributed by atoms with Crippen LogP contribution in [0.5, 0.6) is 0 Å². The largest absolute Gasteiger partial charge is 0.357 e. The third-order valence-corrected chi connectivity index (χ3v) is 3.33. The van der Waals surface area contributed by atoms with Crippen LogP contribution in [0.3, 0.4) is 0 Å². The van der Waals surface area contributed by atoms with Gasteiger partial charge in [-0.05, 0) is 37.9 Å². The molecule has 0 saturated heterocycles. The van der Waals surface area contributed by atoms with Gasteiger partial charge in [0.25, 0.3) is 0 Å². The van der Waals surface area contributed by atoms with Crippen LogP contribution in [0.1, 0.15) is 30.6 Å². The quantitative estimate of drug-likeness (QED) is 0.672. The zero-order chi connectivity index (χ0) is 10.3. The van der Waals surface area contributed by atoms with E-state index in [0.717, 1.165) is 6.54 Å². The minimum absolute atomic E-state index is 0.454. The highest BCUT2D eigenvalue weighted by Gasteiger charge is 2.18. The van der Waals surface area contributed by atoms with E-state index in [9.17, 15) is 0 Å². The van der Waals surface area contributed by atoms with Gasteiger partial charge in [-0.25, -0.2) is 0 Å². The lowest BCUT2D eigenvalue weighted by Crippen LogP contribution is -2.18. The molecule has 1 atom stereocenters. The molecule has 0 spiro atoms. The van der Waals surface area contributed by atoms with Gasteiger partial charge in [-0.2, -0.15) is 0 Å². The monoisotopic (exact) mass is 200 g/mol. The normalized spacial score (nSPS) is 21.3. The third-order valence-electron chi connectivity index (χ3n) is 3.33. The Balaban J connectivity index is 2.26. The van der Waals surface area contributed by atoms with Crippen LogP contribution in [0.2, 0.25) is 0 Å². The van der Waals surface area contributed by atoms with Crippen LogP contribution < -0.4 is 5.32 Å². The number of nitrogens with one attached hydrogen (secondary N) is 2. The average Bonchev–Trinajstić information content (AvgIpc) is 2.54. The molecule has 2 nitrogen and oxygen atoms in total. The molecule has 0 radical (unpaired) electrons. The van der Waals surface area contributed by atoms with Crippen molar-refractivity contribution >= 4 is 10.9 Å². The number of hydrogen-bond donors (Lipinski definition) is 2. The summed E-state index contributed by atoms with van der Waals surface area (Å²) in [6, 6.07) is 9.06. The molecule has 0 aliphatic carbocycles. The molecule has 78 valence electrons. The van der Waals surface area contributed by atoms with Crippen molar-refractivity contribution in [2.45, 2.75) is 25.8 Å². The molecule has 15 heavy (non-hydrogen) atoms. The fourth-order valence-electron chi connectivity index (χ4n) is 2.55. The zero-order valence-corrected chi connectivity index (χ0v) is 9.01. The minimum atomic E-state index is 0.454. The van der Waals surface area contributed by atoms with Crippen LogP contribution in [0.4, 0.5) is 0 Å². The average molecular weight is 200 g/mol. The lowest BCUT2D eigenvalue weighted by Gasteiger charge is -2.09. The van der Waals surface area contributed by atoms with Crippen LogP contribution >= 0.6 is 0 Å². The number of benzene rings is 1. The van der Waals surface area contributed by atoms with Crippen LogP contribution in [-0.2, 0) is 6.42 Å². The Labute approximate surface area is 89.7 Å². The summed E-state index contributed by atoms with van der Waals surface area (Å²) >= 11 is 0. The van der Waals surface area contributed by atoms with E-state index in [0.29, 0.717) is 6.04 Å². The van der Waals surface area contributed by atoms with Gasteiger partial charge >= 0.3 is 0 Å². The maximum atomic E-state index is 3.54. The van der Waals surface area contributed by atoms with Gasteiger partial charge in [0.1, 0.15) is 0 Å². The van der Waals surface area contributed by atoms with E-state index in [-0.39, 0.29) is 0 Å². The summed E-state index contributed by atoms with van der Waals surface area (Å²) in [6.07, 6.45) is 2.43. The highest BCUT2D eigenvalue weighted by atomic mass is 14.9. The van der Waals surface area contributed by atoms with E-state index in [1.54, 1.807) is 0 Å². The van der Waals surface area contributed by atoms with Crippen molar-refractivity contribution in [2.24, 2.45) is 0 Å². The van der Waals surface area contributed by atoms with Crippen molar-refractivity contribution in [1.29, 1.82) is 0 Å². The Morgan fingerprint density at radius 1 is 1.27 bits per heavy atom. The molecule has 1 aromatic carbocycles. The highest BCUT2D eigenvalue weighted by molar-refractivity contribution is 5.84. The number of aromatic amines is 1. The lowest BCUT2D eigenvalue weighted by molar-refractivity contribution is 0.573. The van der Waals surface area contributed by atoms with Crippen molar-refractivity contribution in [3.05, 3.63) is 35.5 Å². The van der Waals surface area contributed by atoms with Crippen LogP contribution in [-0.4, -0.2) is 11.5 Å². The number of rotatable bonds is 0. The second-order valence-corrected chi connectivity index (χ2v) is 4.34. The first-order valence-corrected chi connectivity index (χ1v) is 5.69. The highest BCUT2D eigenvalue weighted by Crippen LogP contribution is 2.29. The number of aryl methyl sites for hydroxylation is 1. The van der Waals surface area contributed by atoms with Crippen molar-refractivity contribution in [2.75, 3.05) is 6.54 Å². The molecule has 2 heterocycles. The summed E-state index contributed by atoms with van der Waals surface area (Å²) in [5.74, 6) is 0. The summed E-state index contributed by atoms with van der Waals surface area (Å²) in [7, 11) is 0. The Bertz CT molecular complexity index is 484. The first-order valence-electron chi connectivity index (χ1n) is 5.69. The van der Waals surface area contributed by atoms with Gasteiger partial charge in [-0.1, -0.05) is 18.2 Å². The van der Waals surface area contributed by atoms with Gasteiger partial charge in [-0.3, -0.25) is 0 Å². The summed E-state index contributed by atoms with van der Waals surface area (Å²) < 4.78 is 0. The fraction of sp³-hybridized carbons (Fsp3) is 0.385. The number of hydrogen-bond acceptors (Lipinski definition) is 1. The Morgan fingerprint density at radius 3 is 3.07 bits per heavy atom. The van der Waals surface area contributed by atoms with Gasteiger partial charge < -0.3 is 10.3 Å². The van der Waals surface area contributed by atoms with E-state index in [4.69, 9.17) is 0 Å². The van der Waals surface area contributed by atoms with E-state index in [1.807, 2.05) is 0 Å². The molecule has 0 amide bonds. The van der Waals surface area contributed by atoms with E-state index < -0.39 is 0 Å². The molecular weight excluding hydrogens is 184 g/mol. The SMILES string of the molecule is CC1NCCCc2c1[nH]c1ccccc21. The molecule has 0 saturated carbocycles. The number of H-pyrrole nitrogens is 1. The molecule has 2 N–H and O–H groups in total. The first-order chi connectivity index (χ1) is 7.36. The van der Waals surface area contributed by atoms with Gasteiger partial charge in [0.15, 0.2) is 0 Å². The maximum Gasteiger partial charge on any atom is 0.0459 e. The third kappa shape index (κ3) is 1.37. The number of fused-ring (bicyclic) bond motifs is 3. The molecule has 1 unspecified atom stereocenters. The Kier molecular flexibility index (Phi) is 2.03. The topological polar surface area (TPSA) is 27.8 Å². The van der Waals surface area contributed by atoms with Crippen molar-refractivity contribution < 1.29 is 0 Å². The minimum Gasteiger partial charge on any atom is -0.357 e. The molecule has 1 aliphatic rings. The molecule has 3 rings (SSSR count). The molecular formula is C13H16N2. The smallest absolute Gasteiger partial charge is 0.0459 e. The number of para-hydroxylation sites is 1. The summed E-state index contributed by atoms with van der Waals surface area (Å²) in [5.41, 5.74) is 4.18. The second kappa shape index (κ2) is 3.38. The van der Waals surface area contributed by atoms with E-state index in [2.05, 4.69) is 41.5 Å². The predicted molar refractivity (Wildman–Crippen MR) is 63.0 cm³/mol. The molecule has 0 fully saturated rings. The second-order valence-electron chi connectivity index (χ2n) is 4.34. The van der Waals surface area contributed by atoms with Gasteiger partial charge in [0.2, 0.25) is 0 Å². The standard InChI is InChI=1S/C13H16N2/c1-9-13-11(6-4-8-14-9)10-5-2-3-7-12(10)15-13/h2-3,5,7,9,14-15H,4,6,8H2,1H3. The zero-order valence-electron chi connectivity index (χ0n) is 9.01. The Morgan fingerprint density at radius 2 is 2.13 bits per heavy atom. The van der Waals surface area contributed by atoms with E-state index >= 15 is 0 Å². The first kappa shape index (κ1) is 8.98. The number of aromatic nitrogens is 1. The van der Waals surface area contributed by atoms with Crippen LogP contribution in [0.25, 0.3) is 10.9 Å². The molecule has 0 bridgehead atoms. The molecule has 1 aliphatic heterocycles. The molecule has 2 aromatic rings. The Hall–Kier alpha value is -1.28. The van der Waals surface area contributed by atoms with Crippen molar-refractivity contribution in [1.82, 2.24) is 10.3 Å². The van der Waals surface area contributed by atoms with Gasteiger partial charge in [-0.15, -0.1) is 0 Å². The molecule has 2 heteroatoms. The lowest BCUT2D eigenvalue weighted by atomic mass is 10.0. The van der Waals surface area contributed by atoms with Gasteiger partial charge in [0, 0.05) is 22.6 Å². The predicted octanol–water partition coefficient (Wildman–Crippen LogP) is 2.76. The maximum absolute atomic E-state index is 3.54.